The van der Waals surface area contributed by atoms with E-state index in [9.17, 15) is 4.79 Å². The molecule has 0 heterocycles. The molecule has 0 bridgehead atoms. The summed E-state index contributed by atoms with van der Waals surface area (Å²) in [5.41, 5.74) is 0. The summed E-state index contributed by atoms with van der Waals surface area (Å²) < 4.78 is 0. The Hall–Kier alpha value is -1.08. The summed E-state index contributed by atoms with van der Waals surface area (Å²) in [5, 5.41) is 11.4. The van der Waals surface area contributed by atoms with Crippen LogP contribution in [0.25, 0.3) is 0 Å². The summed E-state index contributed by atoms with van der Waals surface area (Å²) >= 11 is 0. The highest BCUT2D eigenvalue weighted by Gasteiger charge is 2.19. The van der Waals surface area contributed by atoms with Crippen molar-refractivity contribution in [3.05, 3.63) is 0 Å². The molecule has 0 aromatic heterocycles. The van der Waals surface area contributed by atoms with Gasteiger partial charge in [-0.2, -0.15) is 5.26 Å². The maximum atomic E-state index is 11.5. The second kappa shape index (κ2) is 7.34. The van der Waals surface area contributed by atoms with Crippen LogP contribution in [0.4, 0.5) is 0 Å². The number of likely N-dealkylation sites (N-methyl/N-ethyl adjacent to an activating group) is 1. The number of nitriles is 1. The van der Waals surface area contributed by atoms with Crippen molar-refractivity contribution in [2.45, 2.75) is 33.2 Å². The summed E-state index contributed by atoms with van der Waals surface area (Å²) in [6, 6.07) is 1.86. The van der Waals surface area contributed by atoms with Gasteiger partial charge in [0.2, 0.25) is 5.91 Å². The van der Waals surface area contributed by atoms with Crippen LogP contribution >= 0.6 is 0 Å². The fraction of sp³-hybridized carbons (Fsp3) is 0.800. The van der Waals surface area contributed by atoms with E-state index in [1.165, 1.54) is 0 Å². The fourth-order valence-electron chi connectivity index (χ4n) is 1.28. The van der Waals surface area contributed by atoms with Crippen LogP contribution in [-0.2, 0) is 4.79 Å². The van der Waals surface area contributed by atoms with E-state index in [-0.39, 0.29) is 11.9 Å². The van der Waals surface area contributed by atoms with Crippen LogP contribution in [0.15, 0.2) is 0 Å². The van der Waals surface area contributed by atoms with E-state index in [2.05, 4.69) is 11.4 Å². The van der Waals surface area contributed by atoms with Crippen molar-refractivity contribution in [3.63, 3.8) is 0 Å². The molecule has 14 heavy (non-hydrogen) atoms. The summed E-state index contributed by atoms with van der Waals surface area (Å²) in [7, 11) is 0. The molecular formula is C10H19N3O. The second-order valence-corrected chi connectivity index (χ2v) is 3.20. The molecule has 1 amide bonds. The highest BCUT2D eigenvalue weighted by Crippen LogP contribution is 1.99. The zero-order valence-electron chi connectivity index (χ0n) is 9.21. The van der Waals surface area contributed by atoms with Crippen LogP contribution in [0.3, 0.4) is 0 Å². The number of hydrogen-bond acceptors (Lipinski definition) is 3. The van der Waals surface area contributed by atoms with E-state index < -0.39 is 0 Å². The number of amides is 1. The maximum absolute atomic E-state index is 11.5. The molecule has 1 unspecified atom stereocenters. The van der Waals surface area contributed by atoms with Crippen molar-refractivity contribution in [2.24, 2.45) is 0 Å². The quantitative estimate of drug-likeness (QED) is 0.639. The van der Waals surface area contributed by atoms with Crippen molar-refractivity contribution < 1.29 is 4.79 Å². The van der Waals surface area contributed by atoms with Gasteiger partial charge in [0.15, 0.2) is 0 Å². The highest BCUT2D eigenvalue weighted by atomic mass is 16.2. The maximum Gasteiger partial charge on any atom is 0.237 e. The molecular weight excluding hydrogens is 178 g/mol. The van der Waals surface area contributed by atoms with E-state index in [1.807, 2.05) is 25.7 Å². The smallest absolute Gasteiger partial charge is 0.237 e. The van der Waals surface area contributed by atoms with Crippen molar-refractivity contribution in [2.75, 3.05) is 19.6 Å². The van der Waals surface area contributed by atoms with Crippen LogP contribution < -0.4 is 5.32 Å². The summed E-state index contributed by atoms with van der Waals surface area (Å²) in [6.45, 7) is 7.49. The molecule has 0 spiro atoms. The van der Waals surface area contributed by atoms with Gasteiger partial charge in [-0.15, -0.1) is 0 Å². The van der Waals surface area contributed by atoms with Gasteiger partial charge in [0.05, 0.1) is 18.7 Å². The molecule has 0 aliphatic carbocycles. The van der Waals surface area contributed by atoms with Gasteiger partial charge in [-0.05, 0) is 26.8 Å². The van der Waals surface area contributed by atoms with Crippen LogP contribution in [0.1, 0.15) is 27.2 Å². The highest BCUT2D eigenvalue weighted by molar-refractivity contribution is 5.81. The second-order valence-electron chi connectivity index (χ2n) is 3.20. The summed E-state index contributed by atoms with van der Waals surface area (Å²) in [4.78, 5) is 13.4. The number of nitrogens with zero attached hydrogens (tertiary/aromatic N) is 2. The largest absolute Gasteiger partial charge is 0.355 e. The van der Waals surface area contributed by atoms with E-state index >= 15 is 0 Å². The van der Waals surface area contributed by atoms with Crippen molar-refractivity contribution in [1.82, 2.24) is 10.2 Å². The first-order valence-corrected chi connectivity index (χ1v) is 5.06. The van der Waals surface area contributed by atoms with Gasteiger partial charge >= 0.3 is 0 Å². The van der Waals surface area contributed by atoms with Crippen LogP contribution in [0.5, 0.6) is 0 Å². The molecule has 0 saturated carbocycles. The molecule has 1 N–H and O–H groups in total. The number of carbonyl (C=O) groups excluding carboxylic acids is 1. The summed E-state index contributed by atoms with van der Waals surface area (Å²) in [6.07, 6.45) is 0.950. The van der Waals surface area contributed by atoms with Gasteiger partial charge in [0, 0.05) is 6.54 Å². The minimum absolute atomic E-state index is 0.00352. The number of hydrogen-bond donors (Lipinski definition) is 1. The van der Waals surface area contributed by atoms with Crippen LogP contribution in [0, 0.1) is 11.3 Å². The Labute approximate surface area is 85.9 Å². The lowest BCUT2D eigenvalue weighted by Crippen LogP contribution is -2.45. The standard InChI is InChI=1S/C10H19N3O/c1-4-7-13(8-6-11)9(3)10(14)12-5-2/h9H,4-5,7-8H2,1-3H3,(H,12,14). The molecule has 0 aliphatic heterocycles. The Balaban J connectivity index is 4.20. The third kappa shape index (κ3) is 4.24. The van der Waals surface area contributed by atoms with Gasteiger partial charge in [-0.3, -0.25) is 9.69 Å². The van der Waals surface area contributed by atoms with Crippen molar-refractivity contribution >= 4 is 5.91 Å². The zero-order chi connectivity index (χ0) is 11.0. The van der Waals surface area contributed by atoms with Gasteiger partial charge in [-0.1, -0.05) is 6.92 Å². The van der Waals surface area contributed by atoms with E-state index in [1.54, 1.807) is 0 Å². The molecule has 80 valence electrons. The van der Waals surface area contributed by atoms with Gasteiger partial charge in [0.25, 0.3) is 0 Å². The molecule has 0 rings (SSSR count). The molecule has 0 aromatic rings. The normalized spacial score (nSPS) is 12.2. The number of carbonyl (C=O) groups is 1. The lowest BCUT2D eigenvalue weighted by molar-refractivity contribution is -0.125. The Morgan fingerprint density at radius 1 is 1.57 bits per heavy atom. The third-order valence-corrected chi connectivity index (χ3v) is 2.06. The topological polar surface area (TPSA) is 56.1 Å². The average Bonchev–Trinajstić information content (AvgIpc) is 2.17. The predicted molar refractivity (Wildman–Crippen MR) is 55.6 cm³/mol. The number of rotatable bonds is 6. The first kappa shape index (κ1) is 12.9. The minimum atomic E-state index is -0.213. The van der Waals surface area contributed by atoms with E-state index in [0.29, 0.717) is 13.1 Å². The van der Waals surface area contributed by atoms with Crippen LogP contribution in [0.2, 0.25) is 0 Å². The van der Waals surface area contributed by atoms with Crippen molar-refractivity contribution in [3.8, 4) is 6.07 Å². The molecule has 0 aromatic carbocycles. The van der Waals surface area contributed by atoms with Gasteiger partial charge in [0.1, 0.15) is 0 Å². The summed E-state index contributed by atoms with van der Waals surface area (Å²) in [5.74, 6) is -0.00352. The number of nitrogens with one attached hydrogen (secondary N) is 1. The van der Waals surface area contributed by atoms with E-state index in [4.69, 9.17) is 5.26 Å². The Bertz CT molecular complexity index is 210. The average molecular weight is 197 g/mol. The minimum Gasteiger partial charge on any atom is -0.355 e. The zero-order valence-corrected chi connectivity index (χ0v) is 9.21. The molecule has 4 nitrogen and oxygen atoms in total. The molecule has 0 fully saturated rings. The third-order valence-electron chi connectivity index (χ3n) is 2.06. The van der Waals surface area contributed by atoms with E-state index in [0.717, 1.165) is 13.0 Å². The molecule has 0 aliphatic rings. The predicted octanol–water partition coefficient (Wildman–Crippen LogP) is 0.747. The first-order valence-electron chi connectivity index (χ1n) is 5.06. The Kier molecular flexibility index (Phi) is 6.77. The monoisotopic (exact) mass is 197 g/mol. The van der Waals surface area contributed by atoms with Crippen LogP contribution in [-0.4, -0.2) is 36.5 Å². The van der Waals surface area contributed by atoms with Gasteiger partial charge < -0.3 is 5.32 Å². The van der Waals surface area contributed by atoms with Gasteiger partial charge in [-0.25, -0.2) is 0 Å². The molecule has 0 saturated heterocycles. The van der Waals surface area contributed by atoms with Crippen molar-refractivity contribution in [1.29, 1.82) is 5.26 Å². The fourth-order valence-corrected chi connectivity index (χ4v) is 1.28. The molecule has 0 radical (unpaired) electrons. The molecule has 1 atom stereocenters. The SMILES string of the molecule is CCCN(CC#N)C(C)C(=O)NCC. The molecule has 4 heteroatoms. The lowest BCUT2D eigenvalue weighted by Gasteiger charge is -2.24. The lowest BCUT2D eigenvalue weighted by atomic mass is 10.2. The Morgan fingerprint density at radius 2 is 2.21 bits per heavy atom. The first-order chi connectivity index (χ1) is 6.67. The Morgan fingerprint density at radius 3 is 2.64 bits per heavy atom.